The second-order valence-electron chi connectivity index (χ2n) is 2.28. The number of carbonyl (C=O) groups excluding carboxylic acids is 1. The van der Waals surface area contributed by atoms with Crippen molar-refractivity contribution in [3.8, 4) is 0 Å². The molecule has 1 rings (SSSR count). The van der Waals surface area contributed by atoms with Crippen LogP contribution in [0.1, 0.15) is 10.4 Å². The summed E-state index contributed by atoms with van der Waals surface area (Å²) in [5.41, 5.74) is 9.77. The molecule has 0 aliphatic rings. The van der Waals surface area contributed by atoms with Gasteiger partial charge in [0.2, 0.25) is 0 Å². The van der Waals surface area contributed by atoms with Crippen LogP contribution in [0.5, 0.6) is 0 Å². The largest absolute Gasteiger partial charge is 0.377 e. The number of hydrogen-bond acceptors (Lipinski definition) is 3. The lowest BCUT2D eigenvalue weighted by Gasteiger charge is -1.89. The van der Waals surface area contributed by atoms with E-state index >= 15 is 0 Å². The molecule has 15 heavy (non-hydrogen) atoms. The monoisotopic (exact) mass is 239 g/mol. The zero-order valence-electron chi connectivity index (χ0n) is 7.71. The van der Waals surface area contributed by atoms with Crippen molar-refractivity contribution in [2.24, 2.45) is 16.5 Å². The summed E-state index contributed by atoms with van der Waals surface area (Å²) in [6, 6.07) is 8.73. The van der Waals surface area contributed by atoms with Crippen LogP contribution in [0.3, 0.4) is 0 Å². The SMILES string of the molecule is NC(N)=S.O=C(N=C=S)c1ccccc1. The van der Waals surface area contributed by atoms with E-state index in [1.165, 1.54) is 0 Å². The molecule has 0 spiro atoms. The second kappa shape index (κ2) is 7.75. The van der Waals surface area contributed by atoms with Gasteiger partial charge in [0.1, 0.15) is 0 Å². The summed E-state index contributed by atoms with van der Waals surface area (Å²) in [7, 11) is 0. The van der Waals surface area contributed by atoms with E-state index < -0.39 is 0 Å². The molecule has 1 amide bonds. The molecule has 0 saturated carbocycles. The van der Waals surface area contributed by atoms with Gasteiger partial charge in [-0.3, -0.25) is 4.79 Å². The average Bonchev–Trinajstić information content (AvgIpc) is 2.19. The molecule has 0 radical (unpaired) electrons. The van der Waals surface area contributed by atoms with Crippen LogP contribution < -0.4 is 11.5 Å². The van der Waals surface area contributed by atoms with Gasteiger partial charge in [0.15, 0.2) is 5.11 Å². The summed E-state index contributed by atoms with van der Waals surface area (Å²) in [4.78, 5) is 14.3. The fraction of sp³-hybridized carbons (Fsp3) is 0. The van der Waals surface area contributed by atoms with E-state index in [2.05, 4.69) is 40.9 Å². The van der Waals surface area contributed by atoms with Gasteiger partial charge < -0.3 is 11.5 Å². The van der Waals surface area contributed by atoms with Crippen molar-refractivity contribution >= 4 is 40.6 Å². The molecule has 0 aliphatic heterocycles. The molecule has 0 heterocycles. The van der Waals surface area contributed by atoms with Gasteiger partial charge in [0.05, 0.1) is 5.16 Å². The van der Waals surface area contributed by atoms with E-state index in [0.29, 0.717) is 5.56 Å². The lowest BCUT2D eigenvalue weighted by molar-refractivity contribution is 0.100. The molecule has 6 heteroatoms. The molecule has 0 bridgehead atoms. The number of hydrogen-bond donors (Lipinski definition) is 2. The zero-order chi connectivity index (χ0) is 11.7. The van der Waals surface area contributed by atoms with Crippen LogP contribution in [0.2, 0.25) is 0 Å². The first-order valence-corrected chi connectivity index (χ1v) is 4.61. The van der Waals surface area contributed by atoms with Crippen LogP contribution in [0, 0.1) is 0 Å². The number of aliphatic imine (C=N–C) groups is 1. The minimum absolute atomic E-state index is 0.000000000000000222. The maximum atomic E-state index is 10.9. The Kier molecular flexibility index (Phi) is 6.92. The highest BCUT2D eigenvalue weighted by atomic mass is 32.1. The van der Waals surface area contributed by atoms with E-state index in [4.69, 9.17) is 0 Å². The highest BCUT2D eigenvalue weighted by molar-refractivity contribution is 7.80. The number of nitrogens with two attached hydrogens (primary N) is 2. The van der Waals surface area contributed by atoms with Crippen molar-refractivity contribution in [1.82, 2.24) is 0 Å². The predicted molar refractivity (Wildman–Crippen MR) is 66.8 cm³/mol. The minimum atomic E-state index is -0.347. The topological polar surface area (TPSA) is 81.5 Å². The normalized spacial score (nSPS) is 7.73. The van der Waals surface area contributed by atoms with Gasteiger partial charge in [-0.15, -0.1) is 0 Å². The van der Waals surface area contributed by atoms with Crippen LogP contribution in [-0.4, -0.2) is 16.2 Å². The summed E-state index contributed by atoms with van der Waals surface area (Å²) in [6.45, 7) is 0. The number of rotatable bonds is 1. The van der Waals surface area contributed by atoms with Gasteiger partial charge in [-0.1, -0.05) is 18.2 Å². The smallest absolute Gasteiger partial charge is 0.285 e. The highest BCUT2D eigenvalue weighted by Gasteiger charge is 1.99. The average molecular weight is 239 g/mol. The van der Waals surface area contributed by atoms with Crippen LogP contribution in [0.15, 0.2) is 35.3 Å². The van der Waals surface area contributed by atoms with Crippen molar-refractivity contribution in [3.63, 3.8) is 0 Å². The first-order valence-electron chi connectivity index (χ1n) is 3.80. The lowest BCUT2D eigenvalue weighted by atomic mass is 10.2. The van der Waals surface area contributed by atoms with E-state index in [9.17, 15) is 4.79 Å². The van der Waals surface area contributed by atoms with E-state index in [1.807, 2.05) is 11.2 Å². The fourth-order valence-corrected chi connectivity index (χ4v) is 0.770. The molecule has 0 unspecified atom stereocenters. The Morgan fingerprint density at radius 3 is 2.13 bits per heavy atom. The maximum absolute atomic E-state index is 10.9. The molecule has 0 saturated heterocycles. The zero-order valence-corrected chi connectivity index (χ0v) is 9.35. The maximum Gasteiger partial charge on any atom is 0.285 e. The van der Waals surface area contributed by atoms with Gasteiger partial charge in [-0.2, -0.15) is 4.99 Å². The molecule has 0 aromatic heterocycles. The van der Waals surface area contributed by atoms with Gasteiger partial charge >= 0.3 is 0 Å². The number of benzene rings is 1. The summed E-state index contributed by atoms with van der Waals surface area (Å²) in [5.74, 6) is -0.347. The number of carbonyl (C=O) groups is 1. The van der Waals surface area contributed by atoms with Crippen molar-refractivity contribution < 1.29 is 4.79 Å². The molecule has 0 fully saturated rings. The first kappa shape index (κ1) is 13.4. The third kappa shape index (κ3) is 7.45. The Balaban J connectivity index is 0.000000423. The fourth-order valence-electron chi connectivity index (χ4n) is 0.687. The number of thiocarbonyl (C=S) groups is 2. The first-order chi connectivity index (χ1) is 7.07. The van der Waals surface area contributed by atoms with Crippen LogP contribution in [0.25, 0.3) is 0 Å². The molecular weight excluding hydrogens is 230 g/mol. The number of amides is 1. The Morgan fingerprint density at radius 1 is 1.27 bits per heavy atom. The molecule has 0 atom stereocenters. The Hall–Kier alpha value is -1.62. The molecule has 1 aromatic rings. The minimum Gasteiger partial charge on any atom is -0.377 e. The Labute approximate surface area is 98.0 Å². The second-order valence-corrected chi connectivity index (χ2v) is 2.93. The molecule has 1 aromatic carbocycles. The Morgan fingerprint density at radius 2 is 1.73 bits per heavy atom. The Bertz CT molecular complexity index is 382. The quantitative estimate of drug-likeness (QED) is 0.567. The number of nitrogens with zero attached hydrogens (tertiary/aromatic N) is 1. The van der Waals surface area contributed by atoms with E-state index in [0.717, 1.165) is 0 Å². The molecule has 0 aliphatic carbocycles. The summed E-state index contributed by atoms with van der Waals surface area (Å²) in [5, 5.41) is 2.02. The third-order valence-electron chi connectivity index (χ3n) is 1.17. The van der Waals surface area contributed by atoms with Crippen LogP contribution >= 0.6 is 24.4 Å². The van der Waals surface area contributed by atoms with Gasteiger partial charge in [-0.25, -0.2) is 0 Å². The third-order valence-corrected chi connectivity index (χ3v) is 1.26. The number of isothiocyanates is 1. The molecule has 78 valence electrons. The van der Waals surface area contributed by atoms with Crippen molar-refractivity contribution in [2.75, 3.05) is 0 Å². The molecule has 4 nitrogen and oxygen atoms in total. The van der Waals surface area contributed by atoms with Gasteiger partial charge in [0, 0.05) is 5.56 Å². The summed E-state index contributed by atoms with van der Waals surface area (Å²) < 4.78 is 0. The van der Waals surface area contributed by atoms with Crippen LogP contribution in [-0.2, 0) is 0 Å². The lowest BCUT2D eigenvalue weighted by Crippen LogP contribution is -2.18. The standard InChI is InChI=1S/C8H5NOS.CH4N2S/c10-8(9-6-11)7-4-2-1-3-5-7;2-1(3)4/h1-5H;(H4,2,3,4). The van der Waals surface area contributed by atoms with Crippen molar-refractivity contribution in [1.29, 1.82) is 0 Å². The summed E-state index contributed by atoms with van der Waals surface area (Å²) in [6.07, 6.45) is 0. The van der Waals surface area contributed by atoms with Crippen molar-refractivity contribution in [2.45, 2.75) is 0 Å². The molecule has 4 N–H and O–H groups in total. The predicted octanol–water partition coefficient (Wildman–Crippen LogP) is 1.12. The van der Waals surface area contributed by atoms with Gasteiger partial charge in [-0.05, 0) is 36.6 Å². The van der Waals surface area contributed by atoms with Crippen LogP contribution in [0.4, 0.5) is 0 Å². The van der Waals surface area contributed by atoms with E-state index in [-0.39, 0.29) is 11.0 Å². The van der Waals surface area contributed by atoms with E-state index in [1.54, 1.807) is 24.3 Å². The summed E-state index contributed by atoms with van der Waals surface area (Å²) >= 11 is 8.38. The van der Waals surface area contributed by atoms with Crippen molar-refractivity contribution in [3.05, 3.63) is 35.9 Å². The highest BCUT2D eigenvalue weighted by Crippen LogP contribution is 1.99. The van der Waals surface area contributed by atoms with Gasteiger partial charge in [0.25, 0.3) is 5.91 Å². The molecular formula is C9H9N3OS2.